The number of nitrogens with zero attached hydrogens (tertiary/aromatic N) is 1. The van der Waals surface area contributed by atoms with Crippen molar-refractivity contribution in [2.24, 2.45) is 0 Å². The lowest BCUT2D eigenvalue weighted by atomic mass is 10.1. The largest absolute Gasteiger partial charge is 0.480 e. The molecular weight excluding hydrogens is 262 g/mol. The number of carboxylic acid groups (broad SMARTS) is 1. The van der Waals surface area contributed by atoms with E-state index < -0.39 is 23.8 Å². The summed E-state index contributed by atoms with van der Waals surface area (Å²) in [5, 5.41) is 9.21. The minimum atomic E-state index is -1.24. The number of amides is 2. The van der Waals surface area contributed by atoms with Crippen molar-refractivity contribution in [2.75, 3.05) is 0 Å². The number of fused-ring (bicyclic) bond motifs is 1. The zero-order chi connectivity index (χ0) is 14.7. The van der Waals surface area contributed by atoms with E-state index in [9.17, 15) is 24.3 Å². The minimum absolute atomic E-state index is 0.0690. The van der Waals surface area contributed by atoms with Gasteiger partial charge in [-0.1, -0.05) is 12.1 Å². The van der Waals surface area contributed by atoms with Gasteiger partial charge in [-0.25, -0.2) is 4.79 Å². The molecule has 0 spiro atoms. The Morgan fingerprint density at radius 3 is 2.20 bits per heavy atom. The highest BCUT2D eigenvalue weighted by Gasteiger charge is 2.42. The standard InChI is InChI=1S/C14H13NO5/c16-8-4-3-7-11(14(19)20)15-12(17)9-5-1-2-6-10(9)13(15)18/h1-2,5-6,8,11H,3-4,7H2,(H,19,20). The van der Waals surface area contributed by atoms with E-state index in [0.717, 1.165) is 4.90 Å². The van der Waals surface area contributed by atoms with E-state index in [0.29, 0.717) is 12.7 Å². The van der Waals surface area contributed by atoms with Crippen molar-refractivity contribution in [3.63, 3.8) is 0 Å². The summed E-state index contributed by atoms with van der Waals surface area (Å²) in [7, 11) is 0. The van der Waals surface area contributed by atoms with Crippen LogP contribution in [0.3, 0.4) is 0 Å². The van der Waals surface area contributed by atoms with Crippen LogP contribution < -0.4 is 0 Å². The molecule has 2 rings (SSSR count). The van der Waals surface area contributed by atoms with E-state index in [1.807, 2.05) is 0 Å². The zero-order valence-electron chi connectivity index (χ0n) is 10.6. The van der Waals surface area contributed by atoms with Gasteiger partial charge in [-0.2, -0.15) is 0 Å². The number of hydrogen-bond acceptors (Lipinski definition) is 4. The third-order valence-electron chi connectivity index (χ3n) is 3.22. The Hall–Kier alpha value is -2.50. The molecule has 20 heavy (non-hydrogen) atoms. The maximum atomic E-state index is 12.2. The van der Waals surface area contributed by atoms with Crippen LogP contribution in [-0.4, -0.2) is 40.1 Å². The van der Waals surface area contributed by atoms with Crippen LogP contribution in [0.2, 0.25) is 0 Å². The molecule has 104 valence electrons. The molecule has 1 heterocycles. The van der Waals surface area contributed by atoms with Crippen LogP contribution in [-0.2, 0) is 9.59 Å². The summed E-state index contributed by atoms with van der Waals surface area (Å²) in [6.07, 6.45) is 1.27. The van der Waals surface area contributed by atoms with Gasteiger partial charge in [-0.3, -0.25) is 14.5 Å². The van der Waals surface area contributed by atoms with Crippen LogP contribution >= 0.6 is 0 Å². The number of unbranched alkanes of at least 4 members (excludes halogenated alkanes) is 1. The molecule has 0 radical (unpaired) electrons. The Bertz CT molecular complexity index is 546. The van der Waals surface area contributed by atoms with Crippen molar-refractivity contribution in [1.29, 1.82) is 0 Å². The molecule has 1 aromatic carbocycles. The first kappa shape index (κ1) is 13.9. The molecule has 0 aliphatic carbocycles. The summed E-state index contributed by atoms with van der Waals surface area (Å²) in [6.45, 7) is 0. The summed E-state index contributed by atoms with van der Waals surface area (Å²) in [6, 6.07) is 5.01. The molecule has 1 N–H and O–H groups in total. The van der Waals surface area contributed by atoms with E-state index in [1.54, 1.807) is 12.1 Å². The molecule has 0 fully saturated rings. The van der Waals surface area contributed by atoms with Crippen LogP contribution in [0.25, 0.3) is 0 Å². The second kappa shape index (κ2) is 5.64. The molecule has 0 saturated carbocycles. The molecule has 1 atom stereocenters. The van der Waals surface area contributed by atoms with Crippen molar-refractivity contribution < 1.29 is 24.3 Å². The third kappa shape index (κ3) is 2.32. The Morgan fingerprint density at radius 1 is 1.20 bits per heavy atom. The van der Waals surface area contributed by atoms with Gasteiger partial charge in [0.05, 0.1) is 11.1 Å². The molecule has 0 bridgehead atoms. The molecular formula is C14H13NO5. The number of carbonyl (C=O) groups excluding carboxylic acids is 3. The number of carbonyl (C=O) groups is 4. The average molecular weight is 275 g/mol. The minimum Gasteiger partial charge on any atom is -0.480 e. The van der Waals surface area contributed by atoms with Gasteiger partial charge in [0, 0.05) is 6.42 Å². The third-order valence-corrected chi connectivity index (χ3v) is 3.22. The molecule has 2 amide bonds. The summed E-state index contributed by atoms with van der Waals surface area (Å²) in [5.74, 6) is -2.43. The number of imide groups is 1. The number of aliphatic carboxylic acids is 1. The first-order chi connectivity index (χ1) is 9.57. The highest BCUT2D eigenvalue weighted by Crippen LogP contribution is 2.26. The molecule has 6 nitrogen and oxygen atoms in total. The highest BCUT2D eigenvalue weighted by molar-refractivity contribution is 6.22. The fourth-order valence-electron chi connectivity index (χ4n) is 2.25. The second-order valence-corrected chi connectivity index (χ2v) is 4.48. The van der Waals surface area contributed by atoms with E-state index in [2.05, 4.69) is 0 Å². The van der Waals surface area contributed by atoms with Crippen molar-refractivity contribution >= 4 is 24.1 Å². The van der Waals surface area contributed by atoms with Crippen molar-refractivity contribution in [3.8, 4) is 0 Å². The molecule has 1 aromatic rings. The molecule has 1 aliphatic heterocycles. The Kier molecular flexibility index (Phi) is 3.93. The quantitative estimate of drug-likeness (QED) is 0.477. The van der Waals surface area contributed by atoms with Crippen LogP contribution in [0.5, 0.6) is 0 Å². The summed E-state index contributed by atoms with van der Waals surface area (Å²) >= 11 is 0. The maximum Gasteiger partial charge on any atom is 0.326 e. The van der Waals surface area contributed by atoms with Crippen LogP contribution in [0.4, 0.5) is 0 Å². The van der Waals surface area contributed by atoms with Gasteiger partial charge < -0.3 is 9.90 Å². The molecule has 0 saturated heterocycles. The van der Waals surface area contributed by atoms with E-state index in [4.69, 9.17) is 0 Å². The zero-order valence-corrected chi connectivity index (χ0v) is 10.6. The summed E-state index contributed by atoms with van der Waals surface area (Å²) in [5.41, 5.74) is 0.443. The Morgan fingerprint density at radius 2 is 1.75 bits per heavy atom. The molecule has 1 unspecified atom stereocenters. The van der Waals surface area contributed by atoms with Gasteiger partial charge in [0.2, 0.25) is 0 Å². The monoisotopic (exact) mass is 275 g/mol. The summed E-state index contributed by atoms with van der Waals surface area (Å²) < 4.78 is 0. The van der Waals surface area contributed by atoms with Gasteiger partial charge in [-0.15, -0.1) is 0 Å². The fourth-order valence-corrected chi connectivity index (χ4v) is 2.25. The first-order valence-electron chi connectivity index (χ1n) is 6.21. The number of rotatable bonds is 6. The average Bonchev–Trinajstić information content (AvgIpc) is 2.68. The topological polar surface area (TPSA) is 91.8 Å². The van der Waals surface area contributed by atoms with E-state index in [-0.39, 0.29) is 24.0 Å². The number of hydrogen-bond donors (Lipinski definition) is 1. The normalized spacial score (nSPS) is 15.1. The summed E-state index contributed by atoms with van der Waals surface area (Å²) in [4.78, 5) is 46.7. The fraction of sp³-hybridized carbons (Fsp3) is 0.286. The first-order valence-corrected chi connectivity index (χ1v) is 6.21. The molecule has 6 heteroatoms. The highest BCUT2D eigenvalue weighted by atomic mass is 16.4. The molecule has 0 aromatic heterocycles. The maximum absolute atomic E-state index is 12.2. The van der Waals surface area contributed by atoms with Gasteiger partial charge in [0.1, 0.15) is 12.3 Å². The van der Waals surface area contributed by atoms with Gasteiger partial charge in [-0.05, 0) is 25.0 Å². The van der Waals surface area contributed by atoms with Gasteiger partial charge in [0.15, 0.2) is 0 Å². The number of carboxylic acids is 1. The van der Waals surface area contributed by atoms with Crippen LogP contribution in [0.1, 0.15) is 40.0 Å². The number of aldehydes is 1. The Labute approximate surface area is 115 Å². The molecule has 1 aliphatic rings. The number of benzene rings is 1. The lowest BCUT2D eigenvalue weighted by molar-refractivity contribution is -0.141. The Balaban J connectivity index is 2.27. The lowest BCUT2D eigenvalue weighted by Crippen LogP contribution is -2.44. The smallest absolute Gasteiger partial charge is 0.326 e. The van der Waals surface area contributed by atoms with Crippen molar-refractivity contribution in [3.05, 3.63) is 35.4 Å². The van der Waals surface area contributed by atoms with E-state index in [1.165, 1.54) is 12.1 Å². The predicted octanol–water partition coefficient (Wildman–Crippen LogP) is 1.11. The predicted molar refractivity (Wildman–Crippen MR) is 68.3 cm³/mol. The van der Waals surface area contributed by atoms with E-state index >= 15 is 0 Å². The van der Waals surface area contributed by atoms with Gasteiger partial charge in [0.25, 0.3) is 11.8 Å². The second-order valence-electron chi connectivity index (χ2n) is 4.48. The van der Waals surface area contributed by atoms with Crippen molar-refractivity contribution in [2.45, 2.75) is 25.3 Å². The lowest BCUT2D eigenvalue weighted by Gasteiger charge is -2.22. The van der Waals surface area contributed by atoms with Crippen LogP contribution in [0, 0.1) is 0 Å². The SMILES string of the molecule is O=CCCCC(C(=O)O)N1C(=O)c2ccccc2C1=O. The van der Waals surface area contributed by atoms with Gasteiger partial charge >= 0.3 is 5.97 Å². The van der Waals surface area contributed by atoms with Crippen molar-refractivity contribution in [1.82, 2.24) is 4.90 Å². The van der Waals surface area contributed by atoms with Crippen LogP contribution in [0.15, 0.2) is 24.3 Å².